The van der Waals surface area contributed by atoms with Crippen LogP contribution in [0.1, 0.15) is 19.4 Å². The van der Waals surface area contributed by atoms with Gasteiger partial charge in [0.1, 0.15) is 18.3 Å². The van der Waals surface area contributed by atoms with Crippen molar-refractivity contribution in [1.29, 1.82) is 0 Å². The molecule has 2 fully saturated rings. The van der Waals surface area contributed by atoms with E-state index in [2.05, 4.69) is 0 Å². The monoisotopic (exact) mass is 598 g/mol. The number of aliphatic hydroxyl groups is 1. The van der Waals surface area contributed by atoms with Gasteiger partial charge in [0.05, 0.1) is 6.61 Å². The van der Waals surface area contributed by atoms with Crippen LogP contribution in [0.15, 0.2) is 30.3 Å². The van der Waals surface area contributed by atoms with E-state index >= 15 is 0 Å². The van der Waals surface area contributed by atoms with Crippen molar-refractivity contribution in [2.75, 3.05) is 0 Å². The molecule has 3 rings (SSSR count). The van der Waals surface area contributed by atoms with Crippen LogP contribution >= 0.6 is 0 Å². The maximum atomic E-state index is 14.7. The molecule has 0 bridgehead atoms. The van der Waals surface area contributed by atoms with Crippen molar-refractivity contribution in [2.24, 2.45) is 0 Å². The maximum Gasteiger partial charge on any atom is 0.460 e. The van der Waals surface area contributed by atoms with Crippen molar-refractivity contribution < 1.29 is 81.1 Å². The molecule has 5 atom stereocenters. The lowest BCUT2D eigenvalue weighted by atomic mass is 9.88. The molecule has 0 unspecified atom stereocenters. The van der Waals surface area contributed by atoms with E-state index in [-0.39, 0.29) is 0 Å². The Bertz CT molecular complexity index is 1020. The average Bonchev–Trinajstić information content (AvgIpc) is 3.27. The Kier molecular flexibility index (Phi) is 7.78. The SMILES string of the molecule is CC1(C)O[C@H]2O[C@H]([C@@H](O)C(F)(F)C(F)(F)C(F)(F)C(F)(F)C(F)(F)C(F)(F)F)[C@H](OCc3ccccc3)[C@H]2O1. The number of benzene rings is 1. The molecule has 5 nitrogen and oxygen atoms in total. The van der Waals surface area contributed by atoms with Gasteiger partial charge in [-0.3, -0.25) is 0 Å². The first kappa shape index (κ1) is 31.6. The molecule has 2 saturated heterocycles. The van der Waals surface area contributed by atoms with Crippen molar-refractivity contribution in [3.63, 3.8) is 0 Å². The highest BCUT2D eigenvalue weighted by molar-refractivity contribution is 5.15. The molecule has 0 aromatic heterocycles. The smallest absolute Gasteiger partial charge is 0.384 e. The highest BCUT2D eigenvalue weighted by Crippen LogP contribution is 2.61. The number of alkyl halides is 13. The normalized spacial score (nSPS) is 27.5. The Morgan fingerprint density at radius 2 is 1.31 bits per heavy atom. The first-order valence-electron chi connectivity index (χ1n) is 10.7. The van der Waals surface area contributed by atoms with E-state index in [0.717, 1.165) is 0 Å². The molecule has 2 aliphatic rings. The summed E-state index contributed by atoms with van der Waals surface area (Å²) in [5.41, 5.74) is 0.324. The Morgan fingerprint density at radius 3 is 1.82 bits per heavy atom. The third-order valence-electron chi connectivity index (χ3n) is 5.95. The van der Waals surface area contributed by atoms with Gasteiger partial charge in [0.2, 0.25) is 0 Å². The van der Waals surface area contributed by atoms with Crippen LogP contribution < -0.4 is 0 Å². The van der Waals surface area contributed by atoms with Crippen LogP contribution in [0.2, 0.25) is 0 Å². The fraction of sp³-hybridized carbons (Fsp3) is 0.714. The fourth-order valence-corrected chi connectivity index (χ4v) is 3.89. The number of aliphatic hydroxyl groups excluding tert-OH is 1. The molecule has 0 amide bonds. The van der Waals surface area contributed by atoms with E-state index in [1.54, 1.807) is 6.07 Å². The molecule has 0 spiro atoms. The molecule has 0 aliphatic carbocycles. The molecule has 0 radical (unpaired) electrons. The Labute approximate surface area is 210 Å². The van der Waals surface area contributed by atoms with Crippen LogP contribution in [0, 0.1) is 0 Å². The van der Waals surface area contributed by atoms with Crippen LogP contribution in [0.25, 0.3) is 0 Å². The second-order valence-corrected chi connectivity index (χ2v) is 9.19. The minimum atomic E-state index is -8.10. The van der Waals surface area contributed by atoms with Gasteiger partial charge in [0.25, 0.3) is 0 Å². The van der Waals surface area contributed by atoms with Crippen molar-refractivity contribution in [3.8, 4) is 0 Å². The number of ether oxygens (including phenoxy) is 4. The van der Waals surface area contributed by atoms with E-state index in [0.29, 0.717) is 5.56 Å². The second kappa shape index (κ2) is 9.60. The average molecular weight is 598 g/mol. The summed E-state index contributed by atoms with van der Waals surface area (Å²) in [7, 11) is 0. The van der Waals surface area contributed by atoms with Crippen LogP contribution in [0.3, 0.4) is 0 Å². The molecule has 0 saturated carbocycles. The van der Waals surface area contributed by atoms with E-state index in [1.165, 1.54) is 38.1 Å². The van der Waals surface area contributed by atoms with E-state index in [1.807, 2.05) is 0 Å². The molecule has 2 heterocycles. The summed E-state index contributed by atoms with van der Waals surface area (Å²) in [5.74, 6) is -40.1. The van der Waals surface area contributed by atoms with Crippen LogP contribution in [0.5, 0.6) is 0 Å². The van der Waals surface area contributed by atoms with E-state index in [4.69, 9.17) is 18.9 Å². The predicted molar refractivity (Wildman–Crippen MR) is 101 cm³/mol. The summed E-state index contributed by atoms with van der Waals surface area (Å²) in [6.07, 6.45) is -20.0. The highest BCUT2D eigenvalue weighted by atomic mass is 19.4. The maximum absolute atomic E-state index is 14.7. The number of hydrogen-bond donors (Lipinski definition) is 1. The van der Waals surface area contributed by atoms with Gasteiger partial charge in [-0.05, 0) is 19.4 Å². The quantitative estimate of drug-likeness (QED) is 0.378. The predicted octanol–water partition coefficient (Wildman–Crippen LogP) is 5.55. The van der Waals surface area contributed by atoms with Gasteiger partial charge < -0.3 is 24.1 Å². The van der Waals surface area contributed by atoms with E-state index < -0.39 is 78.9 Å². The molecule has 224 valence electrons. The van der Waals surface area contributed by atoms with Gasteiger partial charge in [0, 0.05) is 0 Å². The lowest BCUT2D eigenvalue weighted by Gasteiger charge is -2.42. The molecular formula is C21H19F13O5. The van der Waals surface area contributed by atoms with Crippen molar-refractivity contribution >= 4 is 0 Å². The topological polar surface area (TPSA) is 57.2 Å². The van der Waals surface area contributed by atoms with Gasteiger partial charge >= 0.3 is 35.8 Å². The second-order valence-electron chi connectivity index (χ2n) is 9.19. The van der Waals surface area contributed by atoms with Crippen LogP contribution in [0.4, 0.5) is 57.1 Å². The standard InChI is InChI=1S/C21H19F13O5/c1-15(2)38-12-10(36-8-9-6-4-3-5-7-9)11(37-14(12)39-15)13(35)16(22,23)17(24,25)18(26,27)19(28,29)20(30,31)21(32,33)34/h3-7,10-14,35H,8H2,1-2H3/t10-,11-,12+,13+,14+/m0/s1. The van der Waals surface area contributed by atoms with Crippen LogP contribution in [-0.4, -0.2) is 77.4 Å². The van der Waals surface area contributed by atoms with Crippen molar-refractivity contribution in [1.82, 2.24) is 0 Å². The third kappa shape index (κ3) is 4.95. The Morgan fingerprint density at radius 1 is 0.795 bits per heavy atom. The fourth-order valence-electron chi connectivity index (χ4n) is 3.89. The summed E-state index contributed by atoms with van der Waals surface area (Å²) >= 11 is 0. The summed E-state index contributed by atoms with van der Waals surface area (Å²) in [5, 5.41) is 10.0. The number of rotatable bonds is 9. The number of fused-ring (bicyclic) bond motifs is 1. The van der Waals surface area contributed by atoms with E-state index in [9.17, 15) is 62.2 Å². The zero-order valence-corrected chi connectivity index (χ0v) is 19.5. The summed E-state index contributed by atoms with van der Waals surface area (Å²) in [6.45, 7) is 2.04. The van der Waals surface area contributed by atoms with Gasteiger partial charge in [-0.25, -0.2) is 0 Å². The van der Waals surface area contributed by atoms with Crippen molar-refractivity contribution in [3.05, 3.63) is 35.9 Å². The number of hydrogen-bond acceptors (Lipinski definition) is 5. The minimum absolute atomic E-state index is 0.324. The molecule has 18 heteroatoms. The van der Waals surface area contributed by atoms with Crippen molar-refractivity contribution in [2.45, 2.75) is 92.7 Å². The third-order valence-corrected chi connectivity index (χ3v) is 5.95. The molecule has 1 aromatic rings. The zero-order valence-electron chi connectivity index (χ0n) is 19.5. The van der Waals surface area contributed by atoms with Gasteiger partial charge in [0.15, 0.2) is 18.2 Å². The lowest BCUT2D eigenvalue weighted by Crippen LogP contribution is -2.72. The van der Waals surface area contributed by atoms with Gasteiger partial charge in [-0.2, -0.15) is 57.1 Å². The van der Waals surface area contributed by atoms with Gasteiger partial charge in [-0.1, -0.05) is 30.3 Å². The first-order valence-corrected chi connectivity index (χ1v) is 10.7. The molecular weight excluding hydrogens is 579 g/mol. The summed E-state index contributed by atoms with van der Waals surface area (Å²) in [4.78, 5) is 0. The molecule has 1 aromatic carbocycles. The Hall–Kier alpha value is -1.89. The number of halogens is 13. The summed E-state index contributed by atoms with van der Waals surface area (Å²) in [6, 6.07) is 7.40. The molecule has 2 aliphatic heterocycles. The Balaban J connectivity index is 1.96. The highest BCUT2D eigenvalue weighted by Gasteiger charge is 2.91. The minimum Gasteiger partial charge on any atom is -0.384 e. The largest absolute Gasteiger partial charge is 0.460 e. The molecule has 39 heavy (non-hydrogen) atoms. The molecule has 1 N–H and O–H groups in total. The summed E-state index contributed by atoms with van der Waals surface area (Å²) < 4.78 is 197. The first-order chi connectivity index (χ1) is 17.4. The van der Waals surface area contributed by atoms with Crippen LogP contribution in [-0.2, 0) is 25.6 Å². The lowest BCUT2D eigenvalue weighted by molar-refractivity contribution is -0.446. The zero-order chi connectivity index (χ0) is 30.0. The van der Waals surface area contributed by atoms with Gasteiger partial charge in [-0.15, -0.1) is 0 Å².